The number of H-pyrrole nitrogens is 1. The van der Waals surface area contributed by atoms with E-state index in [0.29, 0.717) is 5.52 Å². The van der Waals surface area contributed by atoms with Crippen LogP contribution in [0, 0.1) is 0 Å². The van der Waals surface area contributed by atoms with E-state index in [1.807, 2.05) is 0 Å². The number of phenolic OH excluding ortho intramolecular Hbond substituents is 1. The number of hydrogen-bond donors (Lipinski definition) is 2. The number of rotatable bonds is 0. The third-order valence-electron chi connectivity index (χ3n) is 2.11. The van der Waals surface area contributed by atoms with Gasteiger partial charge in [-0.1, -0.05) is 0 Å². The van der Waals surface area contributed by atoms with Gasteiger partial charge in [-0.3, -0.25) is 5.10 Å². The summed E-state index contributed by atoms with van der Waals surface area (Å²) in [5.74, 6) is 0.888. The number of aromatic nitrogens is 2. The van der Waals surface area contributed by atoms with Crippen molar-refractivity contribution in [2.45, 2.75) is 0 Å². The largest absolute Gasteiger partial charge is 0.506 e. The van der Waals surface area contributed by atoms with Crippen molar-refractivity contribution in [1.82, 2.24) is 10.2 Å². The SMILES string of the molecule is Cl.Cl.Cl.Oc1ccc2c3c([nH]nc13)C=CO2. The summed E-state index contributed by atoms with van der Waals surface area (Å²) in [7, 11) is 0. The van der Waals surface area contributed by atoms with Gasteiger partial charge in [0.1, 0.15) is 17.0 Å². The van der Waals surface area contributed by atoms with E-state index in [4.69, 9.17) is 4.74 Å². The molecule has 16 heavy (non-hydrogen) atoms. The molecule has 0 unspecified atom stereocenters. The normalized spacial score (nSPS) is 10.8. The molecule has 0 atom stereocenters. The predicted octanol–water partition coefficient (Wildman–Crippen LogP) is 2.90. The predicted molar refractivity (Wildman–Crippen MR) is 69.2 cm³/mol. The van der Waals surface area contributed by atoms with E-state index < -0.39 is 0 Å². The Balaban J connectivity index is 0.000000750. The molecule has 0 bridgehead atoms. The molecule has 0 saturated carbocycles. The lowest BCUT2D eigenvalue weighted by atomic mass is 10.1. The highest BCUT2D eigenvalue weighted by atomic mass is 35.5. The molecule has 4 nitrogen and oxygen atoms in total. The Kier molecular flexibility index (Phi) is 4.93. The van der Waals surface area contributed by atoms with Crippen LogP contribution in [0.4, 0.5) is 0 Å². The minimum absolute atomic E-state index is 0. The van der Waals surface area contributed by atoms with Crippen LogP contribution in [0.25, 0.3) is 17.0 Å². The molecule has 0 aliphatic carbocycles. The van der Waals surface area contributed by atoms with Gasteiger partial charge in [0.25, 0.3) is 0 Å². The third-order valence-corrected chi connectivity index (χ3v) is 2.11. The molecule has 0 amide bonds. The summed E-state index contributed by atoms with van der Waals surface area (Å²) in [4.78, 5) is 0. The minimum Gasteiger partial charge on any atom is -0.506 e. The highest BCUT2D eigenvalue weighted by Gasteiger charge is 2.15. The Morgan fingerprint density at radius 3 is 2.69 bits per heavy atom. The molecule has 2 N–H and O–H groups in total. The second kappa shape index (κ2) is 5.30. The van der Waals surface area contributed by atoms with E-state index in [0.717, 1.165) is 16.8 Å². The maximum Gasteiger partial charge on any atom is 0.143 e. The van der Waals surface area contributed by atoms with Crippen LogP contribution < -0.4 is 4.74 Å². The lowest BCUT2D eigenvalue weighted by molar-refractivity contribution is 0.472. The number of aromatic hydroxyl groups is 1. The summed E-state index contributed by atoms with van der Waals surface area (Å²) >= 11 is 0. The number of halogens is 3. The van der Waals surface area contributed by atoms with Gasteiger partial charge in [0, 0.05) is 0 Å². The molecule has 1 aromatic heterocycles. The number of nitrogens with zero attached hydrogens (tertiary/aromatic N) is 1. The Morgan fingerprint density at radius 2 is 1.94 bits per heavy atom. The van der Waals surface area contributed by atoms with Gasteiger partial charge in [0.2, 0.25) is 0 Å². The quantitative estimate of drug-likeness (QED) is 0.781. The summed E-state index contributed by atoms with van der Waals surface area (Å²) in [6.07, 6.45) is 3.37. The van der Waals surface area contributed by atoms with Crippen LogP contribution in [0.1, 0.15) is 5.69 Å². The molecule has 0 fully saturated rings. The lowest BCUT2D eigenvalue weighted by Crippen LogP contribution is -1.89. The van der Waals surface area contributed by atoms with Crippen molar-refractivity contribution in [3.8, 4) is 11.5 Å². The summed E-state index contributed by atoms with van der Waals surface area (Å²) in [5.41, 5.74) is 1.42. The van der Waals surface area contributed by atoms with Crippen molar-refractivity contribution in [2.24, 2.45) is 0 Å². The summed E-state index contributed by atoms with van der Waals surface area (Å²) < 4.78 is 5.26. The van der Waals surface area contributed by atoms with Crippen molar-refractivity contribution in [3.05, 3.63) is 24.1 Å². The standard InChI is InChI=1S/C9H6N2O2.3ClH/c12-6-1-2-7-8-5(3-4-13-7)10-11-9(6)8;;;/h1-4,12H,(H,10,11);3*1H. The average molecular weight is 284 g/mol. The maximum absolute atomic E-state index is 9.47. The van der Waals surface area contributed by atoms with E-state index in [2.05, 4.69) is 10.2 Å². The van der Waals surface area contributed by atoms with Crippen molar-refractivity contribution in [2.75, 3.05) is 0 Å². The van der Waals surface area contributed by atoms with E-state index in [9.17, 15) is 5.11 Å². The molecule has 1 aromatic carbocycles. The topological polar surface area (TPSA) is 58.1 Å². The number of nitrogens with one attached hydrogen (secondary N) is 1. The zero-order valence-corrected chi connectivity index (χ0v) is 10.3. The highest BCUT2D eigenvalue weighted by Crippen LogP contribution is 2.35. The number of phenols is 1. The second-order valence-electron chi connectivity index (χ2n) is 2.86. The Labute approximate surface area is 110 Å². The van der Waals surface area contributed by atoms with Crippen LogP contribution in [0.5, 0.6) is 11.5 Å². The second-order valence-corrected chi connectivity index (χ2v) is 2.86. The van der Waals surface area contributed by atoms with Crippen LogP contribution in [0.2, 0.25) is 0 Å². The fourth-order valence-electron chi connectivity index (χ4n) is 1.50. The molecule has 7 heteroatoms. The smallest absolute Gasteiger partial charge is 0.143 e. The molecule has 1 aliphatic rings. The molecule has 2 heterocycles. The average Bonchev–Trinajstić information content (AvgIpc) is 2.57. The fourth-order valence-corrected chi connectivity index (χ4v) is 1.50. The first-order valence-electron chi connectivity index (χ1n) is 3.89. The van der Waals surface area contributed by atoms with Crippen molar-refractivity contribution in [1.29, 1.82) is 0 Å². The van der Waals surface area contributed by atoms with Crippen molar-refractivity contribution >= 4 is 54.2 Å². The number of hydrogen-bond acceptors (Lipinski definition) is 3. The molecule has 1 aliphatic heterocycles. The van der Waals surface area contributed by atoms with Gasteiger partial charge in [-0.15, -0.1) is 37.2 Å². The Hall–Kier alpha value is -1.10. The molecular formula is C9H9Cl3N2O2. The zero-order valence-electron chi connectivity index (χ0n) is 7.84. The molecular weight excluding hydrogens is 274 g/mol. The van der Waals surface area contributed by atoms with Crippen LogP contribution >= 0.6 is 37.2 Å². The van der Waals surface area contributed by atoms with Crippen LogP contribution in [-0.2, 0) is 0 Å². The van der Waals surface area contributed by atoms with Crippen LogP contribution in [-0.4, -0.2) is 15.3 Å². The minimum atomic E-state index is 0. The van der Waals surface area contributed by atoms with E-state index in [-0.39, 0.29) is 43.0 Å². The molecule has 3 rings (SSSR count). The molecule has 2 aromatic rings. The fraction of sp³-hybridized carbons (Fsp3) is 0. The van der Waals surface area contributed by atoms with E-state index in [1.54, 1.807) is 24.5 Å². The third kappa shape index (κ3) is 1.91. The van der Waals surface area contributed by atoms with E-state index >= 15 is 0 Å². The monoisotopic (exact) mass is 282 g/mol. The number of benzene rings is 1. The van der Waals surface area contributed by atoms with Gasteiger partial charge in [0.15, 0.2) is 0 Å². The Morgan fingerprint density at radius 1 is 1.19 bits per heavy atom. The summed E-state index contributed by atoms with van der Waals surface area (Å²) in [5, 5.41) is 17.1. The molecule has 0 radical (unpaired) electrons. The van der Waals surface area contributed by atoms with Gasteiger partial charge in [-0.25, -0.2) is 0 Å². The van der Waals surface area contributed by atoms with Crippen molar-refractivity contribution < 1.29 is 9.84 Å². The first-order chi connectivity index (χ1) is 6.36. The van der Waals surface area contributed by atoms with Crippen LogP contribution in [0.3, 0.4) is 0 Å². The summed E-state index contributed by atoms with van der Waals surface area (Å²) in [6, 6.07) is 3.29. The first-order valence-corrected chi connectivity index (χ1v) is 3.89. The highest BCUT2D eigenvalue weighted by molar-refractivity contribution is 5.96. The van der Waals surface area contributed by atoms with Crippen LogP contribution in [0.15, 0.2) is 18.4 Å². The van der Waals surface area contributed by atoms with Gasteiger partial charge in [0.05, 0.1) is 17.3 Å². The summed E-state index contributed by atoms with van der Waals surface area (Å²) in [6.45, 7) is 0. The number of aromatic amines is 1. The zero-order chi connectivity index (χ0) is 8.84. The lowest BCUT2D eigenvalue weighted by Gasteiger charge is -2.06. The number of ether oxygens (including phenoxy) is 1. The molecule has 0 spiro atoms. The first kappa shape index (κ1) is 14.9. The Bertz CT molecular complexity index is 525. The molecule has 0 saturated heterocycles. The maximum atomic E-state index is 9.47. The van der Waals surface area contributed by atoms with E-state index in [1.165, 1.54) is 0 Å². The van der Waals surface area contributed by atoms with Gasteiger partial charge >= 0.3 is 0 Å². The van der Waals surface area contributed by atoms with Crippen molar-refractivity contribution in [3.63, 3.8) is 0 Å². The van der Waals surface area contributed by atoms with Gasteiger partial charge in [-0.05, 0) is 18.2 Å². The molecule has 88 valence electrons. The van der Waals surface area contributed by atoms with Gasteiger partial charge in [-0.2, -0.15) is 5.10 Å². The van der Waals surface area contributed by atoms with Gasteiger partial charge < -0.3 is 9.84 Å².